The number of aliphatic hydroxyl groups is 2. The molecule has 0 spiro atoms. The monoisotopic (exact) mass is 970 g/mol. The number of allylic oxidation sites excluding steroid dienone is 20. The Balaban J connectivity index is 4.80. The molecule has 0 aromatic rings. The molecule has 3 unspecified atom stereocenters. The number of carbonyl (C=O) groups excluding carboxylic acids is 2. The largest absolute Gasteiger partial charge is 0.462 e. The Morgan fingerprint density at radius 3 is 1.20 bits per heavy atom. The summed E-state index contributed by atoms with van der Waals surface area (Å²) in [6.45, 7) is 6.32. The van der Waals surface area contributed by atoms with Gasteiger partial charge in [-0.1, -0.05) is 251 Å². The van der Waals surface area contributed by atoms with Crippen molar-refractivity contribution in [1.29, 1.82) is 0 Å². The van der Waals surface area contributed by atoms with Crippen LogP contribution in [0, 0.1) is 0 Å². The summed E-state index contributed by atoms with van der Waals surface area (Å²) in [6.07, 6.45) is 78.4. The molecule has 0 radical (unpaired) electrons. The van der Waals surface area contributed by atoms with E-state index < -0.39 is 18.2 Å². The number of carbonyl (C=O) groups is 2. The Morgan fingerprint density at radius 2 is 0.786 bits per heavy atom. The van der Waals surface area contributed by atoms with E-state index in [0.717, 1.165) is 89.9 Å². The molecule has 6 nitrogen and oxygen atoms in total. The smallest absolute Gasteiger partial charge is 0.306 e. The van der Waals surface area contributed by atoms with Gasteiger partial charge in [-0.25, -0.2) is 0 Å². The van der Waals surface area contributed by atoms with E-state index in [2.05, 4.69) is 142 Å². The summed E-state index contributed by atoms with van der Waals surface area (Å²) in [4.78, 5) is 26.2. The van der Waals surface area contributed by atoms with Gasteiger partial charge >= 0.3 is 5.97 Å². The molecule has 0 aliphatic carbocycles. The third-order valence-corrected chi connectivity index (χ3v) is 12.3. The highest BCUT2D eigenvalue weighted by Gasteiger charge is 2.24. The predicted octanol–water partition coefficient (Wildman–Crippen LogP) is 18.0. The molecular weight excluding hydrogens is 863 g/mol. The number of amides is 1. The van der Waals surface area contributed by atoms with Crippen molar-refractivity contribution in [2.75, 3.05) is 6.61 Å². The second-order valence-electron chi connectivity index (χ2n) is 19.0. The first-order valence-corrected chi connectivity index (χ1v) is 28.8. The number of esters is 1. The molecule has 0 aromatic heterocycles. The van der Waals surface area contributed by atoms with Crippen LogP contribution in [0.3, 0.4) is 0 Å². The minimum atomic E-state index is -0.823. The maximum Gasteiger partial charge on any atom is 0.306 e. The van der Waals surface area contributed by atoms with Crippen molar-refractivity contribution in [1.82, 2.24) is 5.32 Å². The van der Waals surface area contributed by atoms with E-state index in [1.54, 1.807) is 0 Å². The zero-order chi connectivity index (χ0) is 50.9. The van der Waals surface area contributed by atoms with Crippen molar-refractivity contribution in [3.8, 4) is 0 Å². The Hall–Kier alpha value is -3.74. The summed E-state index contributed by atoms with van der Waals surface area (Å²) in [5, 5.41) is 23.8. The van der Waals surface area contributed by atoms with Crippen LogP contribution in [0.5, 0.6) is 0 Å². The SMILES string of the molecule is CC/C=C\C/C=C\C/C=C\C/C=C\C/C=C\C/C=C\CCC(=O)OC(CCC/C=C\C/C=C\C/C=C\C/C=C\CCCCC)CC(=O)NC(CO)C(O)CCCCCCCCCCCCCCCCC. The van der Waals surface area contributed by atoms with E-state index in [-0.39, 0.29) is 31.3 Å². The van der Waals surface area contributed by atoms with Crippen LogP contribution in [0.2, 0.25) is 0 Å². The summed E-state index contributed by atoms with van der Waals surface area (Å²) < 4.78 is 5.89. The summed E-state index contributed by atoms with van der Waals surface area (Å²) in [6, 6.07) is -0.743. The summed E-state index contributed by atoms with van der Waals surface area (Å²) in [7, 11) is 0. The fraction of sp³-hybridized carbons (Fsp3) is 0.656. The van der Waals surface area contributed by atoms with Crippen molar-refractivity contribution in [2.24, 2.45) is 0 Å². The van der Waals surface area contributed by atoms with Crippen LogP contribution in [-0.2, 0) is 14.3 Å². The van der Waals surface area contributed by atoms with E-state index in [1.165, 1.54) is 103 Å². The van der Waals surface area contributed by atoms with Gasteiger partial charge < -0.3 is 20.3 Å². The van der Waals surface area contributed by atoms with Crippen molar-refractivity contribution in [3.63, 3.8) is 0 Å². The quantitative estimate of drug-likeness (QED) is 0.0321. The predicted molar refractivity (Wildman–Crippen MR) is 305 cm³/mol. The van der Waals surface area contributed by atoms with Crippen molar-refractivity contribution in [2.45, 2.75) is 264 Å². The average Bonchev–Trinajstić information content (AvgIpc) is 3.35. The number of hydrogen-bond donors (Lipinski definition) is 3. The van der Waals surface area contributed by atoms with Gasteiger partial charge in [0, 0.05) is 6.42 Å². The molecule has 1 amide bonds. The van der Waals surface area contributed by atoms with Gasteiger partial charge in [-0.3, -0.25) is 9.59 Å². The molecule has 3 N–H and O–H groups in total. The molecule has 0 fully saturated rings. The molecule has 6 heteroatoms. The number of unbranched alkanes of at least 4 members (excludes halogenated alkanes) is 18. The van der Waals surface area contributed by atoms with Gasteiger partial charge in [0.15, 0.2) is 0 Å². The molecule has 0 bridgehead atoms. The number of ether oxygens (including phenoxy) is 1. The minimum Gasteiger partial charge on any atom is -0.462 e. The molecule has 0 rings (SSSR count). The second kappa shape index (κ2) is 56.2. The van der Waals surface area contributed by atoms with Gasteiger partial charge in [0.25, 0.3) is 0 Å². The number of rotatable bonds is 50. The van der Waals surface area contributed by atoms with Crippen LogP contribution in [0.25, 0.3) is 0 Å². The van der Waals surface area contributed by atoms with Crippen LogP contribution in [0.15, 0.2) is 122 Å². The highest BCUT2D eigenvalue weighted by atomic mass is 16.5. The third-order valence-electron chi connectivity index (χ3n) is 12.3. The molecule has 398 valence electrons. The minimum absolute atomic E-state index is 0.00243. The summed E-state index contributed by atoms with van der Waals surface area (Å²) in [5.41, 5.74) is 0. The number of nitrogens with one attached hydrogen (secondary N) is 1. The summed E-state index contributed by atoms with van der Waals surface area (Å²) >= 11 is 0. The van der Waals surface area contributed by atoms with Crippen LogP contribution in [0.4, 0.5) is 0 Å². The van der Waals surface area contributed by atoms with Crippen molar-refractivity contribution >= 4 is 11.9 Å². The molecule has 3 atom stereocenters. The Morgan fingerprint density at radius 1 is 0.429 bits per heavy atom. The fourth-order valence-corrected chi connectivity index (χ4v) is 7.97. The highest BCUT2D eigenvalue weighted by molar-refractivity contribution is 5.77. The standard InChI is InChI=1S/C64H107NO5/c1-4-7-10-13-16-19-22-25-28-30-31-33-36-39-42-45-48-51-54-57-64(69)70-60(55-52-49-46-43-40-37-35-32-29-26-23-20-17-14-11-8-5-2)58-63(68)65-61(59-66)62(67)56-53-50-47-44-41-38-34-27-24-21-18-15-12-9-6-3/h7,10,16-17,19-20,25-26,28-29,31,33,35,37,39,42-43,46,48,51,60-62,66-67H,4-6,8-9,11-15,18,21-24,27,30,32,34,36,38,40-41,44-45,47,49-50,52-59H2,1-3H3,(H,65,68)/b10-7-,19-16-,20-17-,28-25-,29-26-,33-31-,37-35-,42-39-,46-43-,51-48-. The van der Waals surface area contributed by atoms with Gasteiger partial charge in [-0.05, 0) is 103 Å². The lowest BCUT2D eigenvalue weighted by Gasteiger charge is -2.24. The number of hydrogen-bond acceptors (Lipinski definition) is 5. The number of aliphatic hydroxyl groups excluding tert-OH is 2. The van der Waals surface area contributed by atoms with Crippen LogP contribution in [-0.4, -0.2) is 46.9 Å². The van der Waals surface area contributed by atoms with Crippen LogP contribution < -0.4 is 5.32 Å². The Kier molecular flexibility index (Phi) is 53.2. The van der Waals surface area contributed by atoms with Gasteiger partial charge in [0.2, 0.25) is 5.91 Å². The van der Waals surface area contributed by atoms with Gasteiger partial charge in [0.05, 0.1) is 25.2 Å². The second-order valence-corrected chi connectivity index (χ2v) is 19.0. The maximum absolute atomic E-state index is 13.3. The fourth-order valence-electron chi connectivity index (χ4n) is 7.97. The summed E-state index contributed by atoms with van der Waals surface area (Å²) in [5.74, 6) is -0.635. The maximum atomic E-state index is 13.3. The zero-order valence-electron chi connectivity index (χ0n) is 45.4. The lowest BCUT2D eigenvalue weighted by molar-refractivity contribution is -0.150. The topological polar surface area (TPSA) is 95.9 Å². The first-order valence-electron chi connectivity index (χ1n) is 28.8. The molecule has 0 saturated carbocycles. The van der Waals surface area contributed by atoms with Gasteiger partial charge in [-0.2, -0.15) is 0 Å². The Labute approximate surface area is 431 Å². The first-order chi connectivity index (χ1) is 34.5. The molecule has 0 aliphatic rings. The van der Waals surface area contributed by atoms with Gasteiger partial charge in [-0.15, -0.1) is 0 Å². The molecular formula is C64H107NO5. The van der Waals surface area contributed by atoms with E-state index in [0.29, 0.717) is 19.3 Å². The Bertz CT molecular complexity index is 1460. The average molecular weight is 971 g/mol. The molecule has 0 aromatic carbocycles. The first kappa shape index (κ1) is 66.3. The molecule has 0 aliphatic heterocycles. The molecule has 70 heavy (non-hydrogen) atoms. The third kappa shape index (κ3) is 50.6. The van der Waals surface area contributed by atoms with Crippen LogP contribution >= 0.6 is 0 Å². The molecule has 0 saturated heterocycles. The normalized spacial score (nSPS) is 14.1. The van der Waals surface area contributed by atoms with E-state index in [9.17, 15) is 19.8 Å². The van der Waals surface area contributed by atoms with E-state index >= 15 is 0 Å². The van der Waals surface area contributed by atoms with E-state index in [1.807, 2.05) is 6.08 Å². The highest BCUT2D eigenvalue weighted by Crippen LogP contribution is 2.16. The zero-order valence-corrected chi connectivity index (χ0v) is 45.4. The lowest BCUT2D eigenvalue weighted by Crippen LogP contribution is -2.46. The van der Waals surface area contributed by atoms with Crippen molar-refractivity contribution in [3.05, 3.63) is 122 Å². The van der Waals surface area contributed by atoms with Crippen molar-refractivity contribution < 1.29 is 24.5 Å². The van der Waals surface area contributed by atoms with Gasteiger partial charge in [0.1, 0.15) is 6.10 Å². The van der Waals surface area contributed by atoms with E-state index in [4.69, 9.17) is 4.74 Å². The molecule has 0 heterocycles. The lowest BCUT2D eigenvalue weighted by atomic mass is 10.0. The van der Waals surface area contributed by atoms with Crippen LogP contribution in [0.1, 0.15) is 245 Å².